The minimum Gasteiger partial charge on any atom is -0.386 e. The second kappa shape index (κ2) is 2.63. The third kappa shape index (κ3) is 2.06. The van der Waals surface area contributed by atoms with E-state index in [2.05, 4.69) is 20.4 Å². The van der Waals surface area contributed by atoms with E-state index in [1.165, 1.54) is 6.42 Å². The van der Waals surface area contributed by atoms with Gasteiger partial charge in [0.25, 0.3) is 0 Å². The topological polar surface area (TPSA) is 20.2 Å². The Morgan fingerprint density at radius 1 is 1.36 bits per heavy atom. The van der Waals surface area contributed by atoms with Gasteiger partial charge in [0.2, 0.25) is 0 Å². The Labute approximate surface area is 69.1 Å². The van der Waals surface area contributed by atoms with Gasteiger partial charge < -0.3 is 5.11 Å². The molecule has 0 aliphatic heterocycles. The summed E-state index contributed by atoms with van der Waals surface area (Å²) in [6, 6.07) is 0. The van der Waals surface area contributed by atoms with Gasteiger partial charge in [0.05, 0.1) is 5.60 Å². The zero-order valence-corrected chi connectivity index (χ0v) is 7.56. The minimum absolute atomic E-state index is 0.293. The van der Waals surface area contributed by atoms with Crippen LogP contribution in [0.3, 0.4) is 0 Å². The zero-order valence-electron chi connectivity index (χ0n) is 7.56. The molecule has 1 atom stereocenters. The lowest BCUT2D eigenvalue weighted by atomic mass is 9.70. The fraction of sp³-hybridized carbons (Fsp3) is 0.800. The van der Waals surface area contributed by atoms with Crippen LogP contribution in [-0.2, 0) is 0 Å². The summed E-state index contributed by atoms with van der Waals surface area (Å²) in [6.07, 6.45) is 5.80. The van der Waals surface area contributed by atoms with E-state index in [0.29, 0.717) is 5.41 Å². The van der Waals surface area contributed by atoms with Gasteiger partial charge in [0.1, 0.15) is 0 Å². The molecule has 0 aromatic carbocycles. The van der Waals surface area contributed by atoms with Gasteiger partial charge in [-0.3, -0.25) is 0 Å². The quantitative estimate of drug-likeness (QED) is 0.575. The molecule has 1 aliphatic carbocycles. The molecule has 1 heteroatoms. The van der Waals surface area contributed by atoms with Crippen molar-refractivity contribution in [2.75, 3.05) is 0 Å². The number of hydrogen-bond donors (Lipinski definition) is 1. The first-order chi connectivity index (χ1) is 4.97. The van der Waals surface area contributed by atoms with Crippen LogP contribution in [0.2, 0.25) is 0 Å². The van der Waals surface area contributed by atoms with Crippen molar-refractivity contribution in [1.82, 2.24) is 0 Å². The molecular formula is C10H18O. The third-order valence-corrected chi connectivity index (χ3v) is 2.63. The molecule has 64 valence electrons. The van der Waals surface area contributed by atoms with Crippen molar-refractivity contribution in [2.24, 2.45) is 5.41 Å². The molecule has 0 aromatic heterocycles. The van der Waals surface area contributed by atoms with Crippen LogP contribution >= 0.6 is 0 Å². The first-order valence-electron chi connectivity index (χ1n) is 4.33. The summed E-state index contributed by atoms with van der Waals surface area (Å²) in [5, 5.41) is 9.90. The summed E-state index contributed by atoms with van der Waals surface area (Å²) >= 11 is 0. The normalized spacial score (nSPS) is 36.6. The molecular weight excluding hydrogens is 136 g/mol. The Morgan fingerprint density at radius 3 is 2.36 bits per heavy atom. The summed E-state index contributed by atoms with van der Waals surface area (Å²) in [5.74, 6) is 0. The van der Waals surface area contributed by atoms with E-state index < -0.39 is 5.60 Å². The molecule has 0 bridgehead atoms. The molecule has 0 amide bonds. The van der Waals surface area contributed by atoms with Gasteiger partial charge in [-0.25, -0.2) is 0 Å². The molecule has 0 spiro atoms. The minimum atomic E-state index is -0.582. The van der Waals surface area contributed by atoms with E-state index in [9.17, 15) is 5.11 Å². The van der Waals surface area contributed by atoms with Gasteiger partial charge in [0, 0.05) is 0 Å². The molecule has 0 radical (unpaired) electrons. The number of aliphatic hydroxyl groups is 1. The van der Waals surface area contributed by atoms with Crippen LogP contribution in [0.5, 0.6) is 0 Å². The van der Waals surface area contributed by atoms with Crippen LogP contribution in [0.15, 0.2) is 12.7 Å². The van der Waals surface area contributed by atoms with Gasteiger partial charge in [-0.15, -0.1) is 6.58 Å². The summed E-state index contributed by atoms with van der Waals surface area (Å²) in [4.78, 5) is 0. The Morgan fingerprint density at radius 2 is 2.00 bits per heavy atom. The lowest BCUT2D eigenvalue weighted by Gasteiger charge is -2.39. The fourth-order valence-electron chi connectivity index (χ4n) is 2.05. The van der Waals surface area contributed by atoms with E-state index in [-0.39, 0.29) is 0 Å². The largest absolute Gasteiger partial charge is 0.386 e. The lowest BCUT2D eigenvalue weighted by Crippen LogP contribution is -2.36. The van der Waals surface area contributed by atoms with E-state index in [1.54, 1.807) is 6.08 Å². The van der Waals surface area contributed by atoms with Gasteiger partial charge in [-0.2, -0.15) is 0 Å². The molecule has 0 aromatic rings. The SMILES string of the molecule is C=CC1(O)CCCC(C)(C)C1. The predicted octanol–water partition coefficient (Wildman–Crippen LogP) is 2.50. The van der Waals surface area contributed by atoms with Crippen LogP contribution in [0, 0.1) is 5.41 Å². The van der Waals surface area contributed by atoms with Crippen LogP contribution < -0.4 is 0 Å². The van der Waals surface area contributed by atoms with Crippen LogP contribution in [0.1, 0.15) is 39.5 Å². The summed E-state index contributed by atoms with van der Waals surface area (Å²) in [7, 11) is 0. The zero-order chi connectivity index (χ0) is 8.54. The van der Waals surface area contributed by atoms with Crippen molar-refractivity contribution in [3.8, 4) is 0 Å². The second-order valence-electron chi connectivity index (χ2n) is 4.50. The maximum atomic E-state index is 9.90. The first-order valence-corrected chi connectivity index (χ1v) is 4.33. The van der Waals surface area contributed by atoms with Crippen molar-refractivity contribution < 1.29 is 5.11 Å². The third-order valence-electron chi connectivity index (χ3n) is 2.63. The van der Waals surface area contributed by atoms with E-state index >= 15 is 0 Å². The van der Waals surface area contributed by atoms with Gasteiger partial charge in [-0.1, -0.05) is 19.9 Å². The molecule has 1 N–H and O–H groups in total. The molecule has 1 aliphatic rings. The van der Waals surface area contributed by atoms with Crippen molar-refractivity contribution in [3.05, 3.63) is 12.7 Å². The van der Waals surface area contributed by atoms with Crippen molar-refractivity contribution in [1.29, 1.82) is 0 Å². The Bertz CT molecular complexity index is 160. The number of rotatable bonds is 1. The first kappa shape index (κ1) is 8.79. The maximum absolute atomic E-state index is 9.90. The highest BCUT2D eigenvalue weighted by Crippen LogP contribution is 2.41. The number of hydrogen-bond acceptors (Lipinski definition) is 1. The van der Waals surface area contributed by atoms with Gasteiger partial charge >= 0.3 is 0 Å². The molecule has 1 fully saturated rings. The average Bonchev–Trinajstić information content (AvgIpc) is 1.85. The predicted molar refractivity (Wildman–Crippen MR) is 47.4 cm³/mol. The Balaban J connectivity index is 2.66. The Kier molecular flexibility index (Phi) is 2.10. The molecule has 0 heterocycles. The van der Waals surface area contributed by atoms with E-state index in [0.717, 1.165) is 19.3 Å². The molecule has 1 nitrogen and oxygen atoms in total. The highest BCUT2D eigenvalue weighted by molar-refractivity contribution is 5.01. The van der Waals surface area contributed by atoms with Crippen LogP contribution in [0.25, 0.3) is 0 Å². The van der Waals surface area contributed by atoms with Crippen molar-refractivity contribution in [3.63, 3.8) is 0 Å². The Hall–Kier alpha value is -0.300. The van der Waals surface area contributed by atoms with Gasteiger partial charge in [0.15, 0.2) is 0 Å². The lowest BCUT2D eigenvalue weighted by molar-refractivity contribution is 0.00147. The molecule has 1 rings (SSSR count). The van der Waals surface area contributed by atoms with Crippen LogP contribution in [-0.4, -0.2) is 10.7 Å². The molecule has 1 unspecified atom stereocenters. The monoisotopic (exact) mass is 154 g/mol. The fourth-order valence-corrected chi connectivity index (χ4v) is 2.05. The van der Waals surface area contributed by atoms with E-state index in [4.69, 9.17) is 0 Å². The summed E-state index contributed by atoms with van der Waals surface area (Å²) < 4.78 is 0. The highest BCUT2D eigenvalue weighted by atomic mass is 16.3. The van der Waals surface area contributed by atoms with Crippen LogP contribution in [0.4, 0.5) is 0 Å². The maximum Gasteiger partial charge on any atom is 0.0830 e. The summed E-state index contributed by atoms with van der Waals surface area (Å²) in [5.41, 5.74) is -0.289. The van der Waals surface area contributed by atoms with Gasteiger partial charge in [-0.05, 0) is 31.1 Å². The average molecular weight is 154 g/mol. The smallest absolute Gasteiger partial charge is 0.0830 e. The standard InChI is InChI=1S/C10H18O/c1-4-10(11)7-5-6-9(2,3)8-10/h4,11H,1,5-8H2,2-3H3. The summed E-state index contributed by atoms with van der Waals surface area (Å²) in [6.45, 7) is 8.09. The molecule has 11 heavy (non-hydrogen) atoms. The van der Waals surface area contributed by atoms with Crippen molar-refractivity contribution >= 4 is 0 Å². The van der Waals surface area contributed by atoms with Crippen molar-refractivity contribution in [2.45, 2.75) is 45.1 Å². The molecule has 1 saturated carbocycles. The van der Waals surface area contributed by atoms with E-state index in [1.807, 2.05) is 0 Å². The molecule has 0 saturated heterocycles. The second-order valence-corrected chi connectivity index (χ2v) is 4.50. The highest BCUT2D eigenvalue weighted by Gasteiger charge is 2.35.